The van der Waals surface area contributed by atoms with Crippen LogP contribution in [-0.4, -0.2) is 41.6 Å². The Morgan fingerprint density at radius 1 is 1.32 bits per heavy atom. The first kappa shape index (κ1) is 15.0. The summed E-state index contributed by atoms with van der Waals surface area (Å²) in [6.07, 6.45) is 2.38. The van der Waals surface area contributed by atoms with E-state index >= 15 is 0 Å². The summed E-state index contributed by atoms with van der Waals surface area (Å²) in [5, 5.41) is 9.13. The van der Waals surface area contributed by atoms with Gasteiger partial charge >= 0.3 is 5.97 Å². The summed E-state index contributed by atoms with van der Waals surface area (Å²) in [7, 11) is 0. The number of carbonyl (C=O) groups is 2. The summed E-state index contributed by atoms with van der Waals surface area (Å²) in [6.45, 7) is 1.60. The lowest BCUT2D eigenvalue weighted by atomic mass is 9.94. The number of piperidine rings is 1. The molecule has 1 aromatic carbocycles. The van der Waals surface area contributed by atoms with E-state index in [1.807, 2.05) is 18.2 Å². The SMILES string of the molecule is O=C(O)[C@H]1CCCN(C(=O)C[C@H]2OCCc3ccccc32)C1. The highest BCUT2D eigenvalue weighted by atomic mass is 16.5. The number of fused-ring (bicyclic) bond motifs is 1. The van der Waals surface area contributed by atoms with E-state index in [9.17, 15) is 9.59 Å². The van der Waals surface area contributed by atoms with Gasteiger partial charge in [0.1, 0.15) is 0 Å². The van der Waals surface area contributed by atoms with Crippen LogP contribution in [0.4, 0.5) is 0 Å². The van der Waals surface area contributed by atoms with Gasteiger partial charge < -0.3 is 14.7 Å². The Hall–Kier alpha value is -1.88. The molecule has 2 atom stereocenters. The van der Waals surface area contributed by atoms with Crippen molar-refractivity contribution in [2.24, 2.45) is 5.92 Å². The largest absolute Gasteiger partial charge is 0.481 e. The van der Waals surface area contributed by atoms with E-state index in [1.165, 1.54) is 5.56 Å². The molecule has 0 aromatic heterocycles. The Labute approximate surface area is 129 Å². The molecule has 0 bridgehead atoms. The minimum atomic E-state index is -0.809. The lowest BCUT2D eigenvalue weighted by Gasteiger charge is -2.33. The van der Waals surface area contributed by atoms with Crippen molar-refractivity contribution in [2.75, 3.05) is 19.7 Å². The zero-order valence-electron chi connectivity index (χ0n) is 12.5. The highest BCUT2D eigenvalue weighted by Gasteiger charge is 2.30. The number of likely N-dealkylation sites (tertiary alicyclic amines) is 1. The normalized spacial score (nSPS) is 24.6. The van der Waals surface area contributed by atoms with Gasteiger partial charge in [0.2, 0.25) is 5.91 Å². The Morgan fingerprint density at radius 2 is 2.14 bits per heavy atom. The molecule has 3 rings (SSSR count). The molecular formula is C17H21NO4. The maximum atomic E-state index is 12.5. The summed E-state index contributed by atoms with van der Waals surface area (Å²) in [4.78, 5) is 25.3. The van der Waals surface area contributed by atoms with Crippen LogP contribution in [0, 0.1) is 5.92 Å². The van der Waals surface area contributed by atoms with Crippen LogP contribution >= 0.6 is 0 Å². The van der Waals surface area contributed by atoms with Crippen LogP contribution in [-0.2, 0) is 20.7 Å². The van der Waals surface area contributed by atoms with E-state index in [1.54, 1.807) is 4.90 Å². The third-order valence-corrected chi connectivity index (χ3v) is 4.58. The number of aliphatic carboxylic acids is 1. The molecule has 1 aromatic rings. The average molecular weight is 303 g/mol. The number of ether oxygens (including phenoxy) is 1. The summed E-state index contributed by atoms with van der Waals surface area (Å²) in [5.74, 6) is -1.25. The lowest BCUT2D eigenvalue weighted by molar-refractivity contribution is -0.146. The van der Waals surface area contributed by atoms with Gasteiger partial charge in [-0.05, 0) is 30.4 Å². The minimum Gasteiger partial charge on any atom is -0.481 e. The first-order valence-electron chi connectivity index (χ1n) is 7.85. The van der Waals surface area contributed by atoms with Crippen molar-refractivity contribution in [3.8, 4) is 0 Å². The van der Waals surface area contributed by atoms with Crippen LogP contribution < -0.4 is 0 Å². The first-order valence-corrected chi connectivity index (χ1v) is 7.85. The third-order valence-electron chi connectivity index (χ3n) is 4.58. The van der Waals surface area contributed by atoms with Crippen LogP contribution in [0.5, 0.6) is 0 Å². The highest BCUT2D eigenvalue weighted by molar-refractivity contribution is 5.78. The Kier molecular flexibility index (Phi) is 4.43. The average Bonchev–Trinajstić information content (AvgIpc) is 2.55. The third kappa shape index (κ3) is 3.14. The van der Waals surface area contributed by atoms with Gasteiger partial charge in [-0.25, -0.2) is 0 Å². The molecule has 2 aliphatic rings. The summed E-state index contributed by atoms with van der Waals surface area (Å²) < 4.78 is 5.78. The standard InChI is InChI=1S/C17H21NO4/c19-16(18-8-3-5-13(11-18)17(20)21)10-15-14-6-2-1-4-12(14)7-9-22-15/h1-2,4,6,13,15H,3,5,7-11H2,(H,20,21)/t13-,15+/m0/s1. The topological polar surface area (TPSA) is 66.8 Å². The number of hydrogen-bond acceptors (Lipinski definition) is 3. The Balaban J connectivity index is 1.66. The molecule has 0 spiro atoms. The van der Waals surface area contributed by atoms with Crippen LogP contribution in [0.15, 0.2) is 24.3 Å². The van der Waals surface area contributed by atoms with Crippen molar-refractivity contribution in [2.45, 2.75) is 31.8 Å². The molecule has 22 heavy (non-hydrogen) atoms. The molecule has 2 aliphatic heterocycles. The number of nitrogens with zero attached hydrogens (tertiary/aromatic N) is 1. The van der Waals surface area contributed by atoms with E-state index < -0.39 is 11.9 Å². The molecule has 5 heteroatoms. The van der Waals surface area contributed by atoms with Gasteiger partial charge in [-0.15, -0.1) is 0 Å². The van der Waals surface area contributed by atoms with E-state index in [0.717, 1.165) is 18.4 Å². The summed E-state index contributed by atoms with van der Waals surface area (Å²) >= 11 is 0. The Bertz CT molecular complexity index is 572. The molecule has 0 unspecified atom stereocenters. The van der Waals surface area contributed by atoms with Crippen molar-refractivity contribution in [1.82, 2.24) is 4.90 Å². The zero-order valence-corrected chi connectivity index (χ0v) is 12.5. The van der Waals surface area contributed by atoms with Crippen molar-refractivity contribution in [3.63, 3.8) is 0 Å². The Morgan fingerprint density at radius 3 is 2.95 bits per heavy atom. The maximum absolute atomic E-state index is 12.5. The molecule has 1 saturated heterocycles. The van der Waals surface area contributed by atoms with Gasteiger partial charge in [-0.1, -0.05) is 24.3 Å². The molecule has 0 radical (unpaired) electrons. The minimum absolute atomic E-state index is 0.00680. The zero-order chi connectivity index (χ0) is 15.5. The fourth-order valence-electron chi connectivity index (χ4n) is 3.34. The monoisotopic (exact) mass is 303 g/mol. The number of hydrogen-bond donors (Lipinski definition) is 1. The van der Waals surface area contributed by atoms with E-state index in [4.69, 9.17) is 9.84 Å². The van der Waals surface area contributed by atoms with E-state index in [0.29, 0.717) is 32.5 Å². The molecule has 1 fully saturated rings. The van der Waals surface area contributed by atoms with Crippen molar-refractivity contribution in [3.05, 3.63) is 35.4 Å². The number of carbonyl (C=O) groups excluding carboxylic acids is 1. The molecule has 0 saturated carbocycles. The number of carboxylic acid groups (broad SMARTS) is 1. The smallest absolute Gasteiger partial charge is 0.308 e. The second-order valence-corrected chi connectivity index (χ2v) is 6.03. The molecule has 5 nitrogen and oxygen atoms in total. The van der Waals surface area contributed by atoms with Crippen LogP contribution in [0.1, 0.15) is 36.5 Å². The second kappa shape index (κ2) is 6.48. The maximum Gasteiger partial charge on any atom is 0.308 e. The first-order chi connectivity index (χ1) is 10.6. The van der Waals surface area contributed by atoms with Crippen molar-refractivity contribution < 1.29 is 19.4 Å². The number of benzene rings is 1. The van der Waals surface area contributed by atoms with Gasteiger partial charge in [0, 0.05) is 13.1 Å². The van der Waals surface area contributed by atoms with Crippen LogP contribution in [0.25, 0.3) is 0 Å². The molecule has 118 valence electrons. The lowest BCUT2D eigenvalue weighted by Crippen LogP contribution is -2.43. The summed E-state index contributed by atoms with van der Waals surface area (Å²) in [5.41, 5.74) is 2.34. The van der Waals surface area contributed by atoms with E-state index in [2.05, 4.69) is 6.07 Å². The predicted octanol–water partition coefficient (Wildman–Crippen LogP) is 2.01. The quantitative estimate of drug-likeness (QED) is 0.927. The highest BCUT2D eigenvalue weighted by Crippen LogP contribution is 2.30. The van der Waals surface area contributed by atoms with Gasteiger partial charge in [-0.3, -0.25) is 9.59 Å². The molecule has 0 aliphatic carbocycles. The van der Waals surface area contributed by atoms with Crippen molar-refractivity contribution in [1.29, 1.82) is 0 Å². The number of amides is 1. The van der Waals surface area contributed by atoms with Crippen LogP contribution in [0.2, 0.25) is 0 Å². The van der Waals surface area contributed by atoms with Gasteiger partial charge in [0.15, 0.2) is 0 Å². The fraction of sp³-hybridized carbons (Fsp3) is 0.529. The number of carboxylic acids is 1. The molecule has 1 amide bonds. The van der Waals surface area contributed by atoms with Crippen LogP contribution in [0.3, 0.4) is 0 Å². The number of rotatable bonds is 3. The molecular weight excluding hydrogens is 282 g/mol. The van der Waals surface area contributed by atoms with Gasteiger partial charge in [0.05, 0.1) is 25.0 Å². The van der Waals surface area contributed by atoms with Gasteiger partial charge in [-0.2, -0.15) is 0 Å². The second-order valence-electron chi connectivity index (χ2n) is 6.03. The summed E-state index contributed by atoms with van der Waals surface area (Å²) in [6, 6.07) is 8.07. The fourth-order valence-corrected chi connectivity index (χ4v) is 3.34. The predicted molar refractivity (Wildman–Crippen MR) is 80.4 cm³/mol. The molecule has 1 N–H and O–H groups in total. The van der Waals surface area contributed by atoms with Gasteiger partial charge in [0.25, 0.3) is 0 Å². The van der Waals surface area contributed by atoms with E-state index in [-0.39, 0.29) is 12.0 Å². The van der Waals surface area contributed by atoms with Crippen molar-refractivity contribution >= 4 is 11.9 Å². The molecule has 2 heterocycles.